The molecule has 0 spiro atoms. The summed E-state index contributed by atoms with van der Waals surface area (Å²) < 4.78 is 5.42. The molecule has 1 unspecified atom stereocenters. The van der Waals surface area contributed by atoms with Crippen LogP contribution in [0, 0.1) is 6.92 Å². The predicted molar refractivity (Wildman–Crippen MR) is 51.6 cm³/mol. The maximum Gasteiger partial charge on any atom is 0.134 e. The van der Waals surface area contributed by atoms with Gasteiger partial charge in [-0.1, -0.05) is 6.07 Å². The SMILES string of the molecule is Cc1cc2cc(C(C)O)ccc2o1. The van der Waals surface area contributed by atoms with E-state index in [0.29, 0.717) is 0 Å². The first-order valence-corrected chi connectivity index (χ1v) is 4.35. The summed E-state index contributed by atoms with van der Waals surface area (Å²) in [7, 11) is 0. The smallest absolute Gasteiger partial charge is 0.134 e. The highest BCUT2D eigenvalue weighted by Crippen LogP contribution is 2.22. The first kappa shape index (κ1) is 8.32. The molecule has 0 bridgehead atoms. The Morgan fingerprint density at radius 3 is 2.77 bits per heavy atom. The lowest BCUT2D eigenvalue weighted by Gasteiger charge is -2.02. The summed E-state index contributed by atoms with van der Waals surface area (Å²) >= 11 is 0. The largest absolute Gasteiger partial charge is 0.461 e. The minimum absolute atomic E-state index is 0.417. The fraction of sp³-hybridized carbons (Fsp3) is 0.273. The summed E-state index contributed by atoms with van der Waals surface area (Å²) in [5, 5.41) is 10.4. The van der Waals surface area contributed by atoms with Crippen LogP contribution >= 0.6 is 0 Å². The summed E-state index contributed by atoms with van der Waals surface area (Å²) in [4.78, 5) is 0. The monoisotopic (exact) mass is 176 g/mol. The van der Waals surface area contributed by atoms with Gasteiger partial charge in [-0.05, 0) is 37.6 Å². The number of furan rings is 1. The number of aryl methyl sites for hydroxylation is 1. The van der Waals surface area contributed by atoms with E-state index in [1.165, 1.54) is 0 Å². The second-order valence-corrected chi connectivity index (χ2v) is 3.33. The molecule has 68 valence electrons. The van der Waals surface area contributed by atoms with E-state index < -0.39 is 6.10 Å². The normalized spacial score (nSPS) is 13.5. The van der Waals surface area contributed by atoms with Crippen LogP contribution in [0.3, 0.4) is 0 Å². The summed E-state index contributed by atoms with van der Waals surface area (Å²) in [5.74, 6) is 0.901. The van der Waals surface area contributed by atoms with Gasteiger partial charge < -0.3 is 9.52 Å². The molecule has 2 aromatic rings. The first-order valence-electron chi connectivity index (χ1n) is 4.35. The maximum atomic E-state index is 9.36. The zero-order valence-electron chi connectivity index (χ0n) is 7.74. The van der Waals surface area contributed by atoms with Crippen LogP contribution in [0.4, 0.5) is 0 Å². The van der Waals surface area contributed by atoms with Crippen LogP contribution in [0.5, 0.6) is 0 Å². The van der Waals surface area contributed by atoms with Gasteiger partial charge in [-0.2, -0.15) is 0 Å². The van der Waals surface area contributed by atoms with Crippen molar-refractivity contribution in [3.8, 4) is 0 Å². The topological polar surface area (TPSA) is 33.4 Å². The molecule has 0 aliphatic rings. The number of fused-ring (bicyclic) bond motifs is 1. The van der Waals surface area contributed by atoms with Gasteiger partial charge in [-0.3, -0.25) is 0 Å². The third-order valence-corrected chi connectivity index (χ3v) is 2.15. The highest BCUT2D eigenvalue weighted by Gasteiger charge is 2.04. The fourth-order valence-electron chi connectivity index (χ4n) is 1.45. The number of hydrogen-bond acceptors (Lipinski definition) is 2. The van der Waals surface area contributed by atoms with E-state index in [4.69, 9.17) is 4.42 Å². The lowest BCUT2D eigenvalue weighted by molar-refractivity contribution is 0.199. The van der Waals surface area contributed by atoms with E-state index in [0.717, 1.165) is 22.3 Å². The van der Waals surface area contributed by atoms with Crippen LogP contribution in [-0.2, 0) is 0 Å². The summed E-state index contributed by atoms with van der Waals surface area (Å²) in [6, 6.07) is 7.71. The molecule has 2 rings (SSSR count). The van der Waals surface area contributed by atoms with E-state index in [-0.39, 0.29) is 0 Å². The minimum Gasteiger partial charge on any atom is -0.461 e. The molecule has 2 heteroatoms. The third kappa shape index (κ3) is 1.45. The molecular weight excluding hydrogens is 164 g/mol. The molecular formula is C11H12O2. The molecule has 1 N–H and O–H groups in total. The fourth-order valence-corrected chi connectivity index (χ4v) is 1.45. The molecule has 0 aliphatic heterocycles. The Balaban J connectivity index is 2.61. The van der Waals surface area contributed by atoms with Crippen molar-refractivity contribution >= 4 is 11.0 Å². The van der Waals surface area contributed by atoms with Gasteiger partial charge in [0.2, 0.25) is 0 Å². The van der Waals surface area contributed by atoms with Crippen molar-refractivity contribution in [1.29, 1.82) is 0 Å². The van der Waals surface area contributed by atoms with Gasteiger partial charge in [0.25, 0.3) is 0 Å². The molecule has 0 fully saturated rings. The Kier molecular flexibility index (Phi) is 1.85. The van der Waals surface area contributed by atoms with Gasteiger partial charge in [0.1, 0.15) is 11.3 Å². The molecule has 13 heavy (non-hydrogen) atoms. The molecule has 1 aromatic heterocycles. The van der Waals surface area contributed by atoms with Crippen molar-refractivity contribution in [2.45, 2.75) is 20.0 Å². The molecule has 0 saturated heterocycles. The van der Waals surface area contributed by atoms with Crippen molar-refractivity contribution in [1.82, 2.24) is 0 Å². The van der Waals surface area contributed by atoms with E-state index in [1.807, 2.05) is 31.2 Å². The number of rotatable bonds is 1. The van der Waals surface area contributed by atoms with Crippen LogP contribution in [0.25, 0.3) is 11.0 Å². The van der Waals surface area contributed by atoms with Gasteiger partial charge in [-0.15, -0.1) is 0 Å². The molecule has 1 aromatic carbocycles. The van der Waals surface area contributed by atoms with Crippen LogP contribution < -0.4 is 0 Å². The van der Waals surface area contributed by atoms with Crippen LogP contribution in [0.15, 0.2) is 28.7 Å². The van der Waals surface area contributed by atoms with Crippen molar-refractivity contribution < 1.29 is 9.52 Å². The number of aliphatic hydroxyl groups is 1. The van der Waals surface area contributed by atoms with Crippen LogP contribution in [0.1, 0.15) is 24.4 Å². The lowest BCUT2D eigenvalue weighted by atomic mass is 10.1. The second kappa shape index (κ2) is 2.89. The Morgan fingerprint density at radius 1 is 1.31 bits per heavy atom. The Bertz CT molecular complexity index is 427. The molecule has 0 aliphatic carbocycles. The zero-order valence-corrected chi connectivity index (χ0v) is 7.74. The zero-order chi connectivity index (χ0) is 9.42. The highest BCUT2D eigenvalue weighted by atomic mass is 16.3. The number of hydrogen-bond donors (Lipinski definition) is 1. The van der Waals surface area contributed by atoms with Crippen LogP contribution in [-0.4, -0.2) is 5.11 Å². The van der Waals surface area contributed by atoms with Crippen molar-refractivity contribution in [2.24, 2.45) is 0 Å². The Morgan fingerprint density at radius 2 is 2.08 bits per heavy atom. The van der Waals surface area contributed by atoms with Gasteiger partial charge >= 0.3 is 0 Å². The molecule has 0 amide bonds. The maximum absolute atomic E-state index is 9.36. The standard InChI is InChI=1S/C11H12O2/c1-7-5-10-6-9(8(2)12)3-4-11(10)13-7/h3-6,8,12H,1-2H3. The Labute approximate surface area is 76.8 Å². The number of aliphatic hydroxyl groups excluding tert-OH is 1. The van der Waals surface area contributed by atoms with Crippen LogP contribution in [0.2, 0.25) is 0 Å². The van der Waals surface area contributed by atoms with Gasteiger partial charge in [0, 0.05) is 5.39 Å². The second-order valence-electron chi connectivity index (χ2n) is 3.33. The highest BCUT2D eigenvalue weighted by molar-refractivity contribution is 5.78. The van der Waals surface area contributed by atoms with Gasteiger partial charge in [0.15, 0.2) is 0 Å². The first-order chi connectivity index (χ1) is 6.16. The molecule has 1 atom stereocenters. The summed E-state index contributed by atoms with van der Waals surface area (Å²) in [5.41, 5.74) is 1.80. The van der Waals surface area contributed by atoms with E-state index >= 15 is 0 Å². The molecule has 0 radical (unpaired) electrons. The molecule has 0 saturated carbocycles. The van der Waals surface area contributed by atoms with E-state index in [9.17, 15) is 5.11 Å². The van der Waals surface area contributed by atoms with E-state index in [2.05, 4.69) is 0 Å². The summed E-state index contributed by atoms with van der Waals surface area (Å²) in [6.45, 7) is 3.68. The Hall–Kier alpha value is -1.28. The average Bonchev–Trinajstić information content (AvgIpc) is 2.42. The third-order valence-electron chi connectivity index (χ3n) is 2.15. The van der Waals surface area contributed by atoms with Crippen molar-refractivity contribution in [3.05, 3.63) is 35.6 Å². The number of benzene rings is 1. The minimum atomic E-state index is -0.417. The molecule has 2 nitrogen and oxygen atoms in total. The van der Waals surface area contributed by atoms with E-state index in [1.54, 1.807) is 6.92 Å². The average molecular weight is 176 g/mol. The van der Waals surface area contributed by atoms with Gasteiger partial charge in [-0.25, -0.2) is 0 Å². The molecule has 1 heterocycles. The quantitative estimate of drug-likeness (QED) is 0.724. The van der Waals surface area contributed by atoms with Gasteiger partial charge in [0.05, 0.1) is 6.10 Å². The van der Waals surface area contributed by atoms with Crippen molar-refractivity contribution in [3.63, 3.8) is 0 Å². The van der Waals surface area contributed by atoms with Crippen molar-refractivity contribution in [2.75, 3.05) is 0 Å². The lowest BCUT2D eigenvalue weighted by Crippen LogP contribution is -1.88. The summed E-state index contributed by atoms with van der Waals surface area (Å²) in [6.07, 6.45) is -0.417. The predicted octanol–water partition coefficient (Wildman–Crippen LogP) is 2.79.